The van der Waals surface area contributed by atoms with Crippen molar-refractivity contribution in [2.45, 2.75) is 18.6 Å². The topological polar surface area (TPSA) is 119 Å². The number of aromatic nitrogens is 4. The number of fused-ring (bicyclic) bond motifs is 1. The van der Waals surface area contributed by atoms with Crippen LogP contribution in [0.1, 0.15) is 12.5 Å². The standard InChI is InChI=1S/C12H15N5O3/c1-6-7(3-18)9(19)2-8(6)16-4-14-10-11(16)15-5-17(13)12(10)20/h4-5,7-9,18-19H,1-3,13H2/t7-,8-,9-/m0/s1. The van der Waals surface area contributed by atoms with Crippen LogP contribution in [0.4, 0.5) is 0 Å². The summed E-state index contributed by atoms with van der Waals surface area (Å²) < 4.78 is 2.56. The Hall–Kier alpha value is -2.19. The van der Waals surface area contributed by atoms with Crippen LogP contribution in [-0.4, -0.2) is 42.1 Å². The number of nitrogen functional groups attached to an aromatic ring is 1. The highest BCUT2D eigenvalue weighted by molar-refractivity contribution is 5.69. The zero-order chi connectivity index (χ0) is 14.4. The van der Waals surface area contributed by atoms with Gasteiger partial charge in [-0.3, -0.25) is 4.79 Å². The molecule has 1 fully saturated rings. The first-order valence-electron chi connectivity index (χ1n) is 6.21. The average Bonchev–Trinajstić information content (AvgIpc) is 2.96. The Bertz CT molecular complexity index is 734. The van der Waals surface area contributed by atoms with Crippen LogP contribution >= 0.6 is 0 Å². The van der Waals surface area contributed by atoms with Crippen LogP contribution in [0.25, 0.3) is 11.2 Å². The van der Waals surface area contributed by atoms with E-state index in [-0.39, 0.29) is 24.1 Å². The third-order valence-electron chi connectivity index (χ3n) is 3.88. The van der Waals surface area contributed by atoms with Crippen LogP contribution in [0.3, 0.4) is 0 Å². The van der Waals surface area contributed by atoms with Gasteiger partial charge in [0.2, 0.25) is 0 Å². The first-order valence-corrected chi connectivity index (χ1v) is 6.21. The van der Waals surface area contributed by atoms with Gasteiger partial charge in [0.05, 0.1) is 25.1 Å². The van der Waals surface area contributed by atoms with Gasteiger partial charge in [0.15, 0.2) is 11.2 Å². The maximum absolute atomic E-state index is 11.8. The lowest BCUT2D eigenvalue weighted by atomic mass is 10.0. The molecule has 0 bridgehead atoms. The number of aliphatic hydroxyl groups excluding tert-OH is 2. The maximum Gasteiger partial charge on any atom is 0.299 e. The van der Waals surface area contributed by atoms with Crippen molar-refractivity contribution in [3.8, 4) is 0 Å². The van der Waals surface area contributed by atoms with Crippen molar-refractivity contribution in [1.29, 1.82) is 0 Å². The average molecular weight is 277 g/mol. The molecule has 106 valence electrons. The van der Waals surface area contributed by atoms with Crippen molar-refractivity contribution in [3.63, 3.8) is 0 Å². The minimum absolute atomic E-state index is 0.161. The number of rotatable bonds is 2. The lowest BCUT2D eigenvalue weighted by molar-refractivity contribution is 0.101. The minimum Gasteiger partial charge on any atom is -0.396 e. The van der Waals surface area contributed by atoms with Crippen LogP contribution in [0.2, 0.25) is 0 Å². The highest BCUT2D eigenvalue weighted by Crippen LogP contribution is 2.39. The summed E-state index contributed by atoms with van der Waals surface area (Å²) in [5, 5.41) is 19.2. The molecule has 0 amide bonds. The Kier molecular flexibility index (Phi) is 2.84. The SMILES string of the molecule is C=C1[C@H](CO)[C@@H](O)C[C@@H]1n1cnc2c(=O)n(N)cnc21. The van der Waals surface area contributed by atoms with Crippen molar-refractivity contribution in [2.75, 3.05) is 12.4 Å². The number of hydrogen-bond donors (Lipinski definition) is 3. The molecule has 8 nitrogen and oxygen atoms in total. The molecule has 8 heteroatoms. The van der Waals surface area contributed by atoms with Gasteiger partial charge in [-0.2, -0.15) is 0 Å². The number of nitrogens with zero attached hydrogens (tertiary/aromatic N) is 4. The van der Waals surface area contributed by atoms with Crippen LogP contribution in [-0.2, 0) is 0 Å². The summed E-state index contributed by atoms with van der Waals surface area (Å²) in [6.07, 6.45) is 2.45. The maximum atomic E-state index is 11.8. The van der Waals surface area contributed by atoms with Gasteiger partial charge in [-0.1, -0.05) is 6.58 Å². The minimum atomic E-state index is -0.662. The van der Waals surface area contributed by atoms with Crippen LogP contribution in [0, 0.1) is 5.92 Å². The van der Waals surface area contributed by atoms with E-state index in [1.54, 1.807) is 4.57 Å². The van der Waals surface area contributed by atoms with Gasteiger partial charge in [0, 0.05) is 5.92 Å². The number of imidazole rings is 1. The second kappa shape index (κ2) is 4.43. The van der Waals surface area contributed by atoms with E-state index in [0.717, 1.165) is 4.68 Å². The molecule has 2 heterocycles. The summed E-state index contributed by atoms with van der Waals surface area (Å²) in [5.74, 6) is 5.08. The summed E-state index contributed by atoms with van der Waals surface area (Å²) in [4.78, 5) is 20.0. The first-order chi connectivity index (χ1) is 9.54. The van der Waals surface area contributed by atoms with E-state index in [1.807, 2.05) is 0 Å². The first kappa shape index (κ1) is 12.8. The molecule has 0 aromatic carbocycles. The largest absolute Gasteiger partial charge is 0.396 e. The monoisotopic (exact) mass is 277 g/mol. The molecule has 20 heavy (non-hydrogen) atoms. The molecule has 2 aromatic heterocycles. The van der Waals surface area contributed by atoms with Gasteiger partial charge in [0.25, 0.3) is 5.56 Å². The van der Waals surface area contributed by atoms with Gasteiger partial charge in [-0.05, 0) is 12.0 Å². The van der Waals surface area contributed by atoms with Crippen LogP contribution < -0.4 is 11.4 Å². The molecule has 0 radical (unpaired) electrons. The van der Waals surface area contributed by atoms with Gasteiger partial charge in [0.1, 0.15) is 6.33 Å². The van der Waals surface area contributed by atoms with Crippen molar-refractivity contribution in [3.05, 3.63) is 35.2 Å². The smallest absolute Gasteiger partial charge is 0.299 e. The van der Waals surface area contributed by atoms with E-state index in [0.29, 0.717) is 17.6 Å². The molecule has 0 saturated heterocycles. The van der Waals surface area contributed by atoms with E-state index in [1.165, 1.54) is 12.7 Å². The summed E-state index contributed by atoms with van der Waals surface area (Å²) >= 11 is 0. The van der Waals surface area contributed by atoms with Crippen molar-refractivity contribution < 1.29 is 10.2 Å². The van der Waals surface area contributed by atoms with E-state index >= 15 is 0 Å². The molecule has 1 aliphatic carbocycles. The van der Waals surface area contributed by atoms with Gasteiger partial charge >= 0.3 is 0 Å². The third kappa shape index (κ3) is 1.65. The normalized spacial score (nSPS) is 26.5. The van der Waals surface area contributed by atoms with Gasteiger partial charge < -0.3 is 20.6 Å². The predicted octanol–water partition coefficient (Wildman–Crippen LogP) is -1.22. The van der Waals surface area contributed by atoms with Crippen molar-refractivity contribution in [1.82, 2.24) is 19.2 Å². The molecule has 3 rings (SSSR count). The number of nitrogens with two attached hydrogens (primary N) is 1. The summed E-state index contributed by atoms with van der Waals surface area (Å²) in [5.41, 5.74) is 0.841. The molecular weight excluding hydrogens is 262 g/mol. The highest BCUT2D eigenvalue weighted by Gasteiger charge is 2.37. The zero-order valence-electron chi connectivity index (χ0n) is 10.7. The van der Waals surface area contributed by atoms with E-state index in [2.05, 4.69) is 16.5 Å². The Balaban J connectivity index is 2.10. The van der Waals surface area contributed by atoms with E-state index in [9.17, 15) is 15.0 Å². The second-order valence-corrected chi connectivity index (χ2v) is 4.96. The molecule has 0 spiro atoms. The summed E-state index contributed by atoms with van der Waals surface area (Å²) in [6.45, 7) is 3.78. The highest BCUT2D eigenvalue weighted by atomic mass is 16.3. The number of hydrogen-bond acceptors (Lipinski definition) is 6. The fourth-order valence-electron chi connectivity index (χ4n) is 2.72. The molecule has 3 atom stereocenters. The zero-order valence-corrected chi connectivity index (χ0v) is 10.7. The van der Waals surface area contributed by atoms with Gasteiger partial charge in [-0.15, -0.1) is 0 Å². The molecule has 1 saturated carbocycles. The Morgan fingerprint density at radius 2 is 2.20 bits per heavy atom. The molecule has 0 aliphatic heterocycles. The Morgan fingerprint density at radius 1 is 1.45 bits per heavy atom. The molecular formula is C12H15N5O3. The molecule has 0 unspecified atom stereocenters. The Labute approximate surface area is 113 Å². The fraction of sp³-hybridized carbons (Fsp3) is 0.417. The second-order valence-electron chi connectivity index (χ2n) is 4.96. The lowest BCUT2D eigenvalue weighted by Crippen LogP contribution is -2.27. The fourth-order valence-corrected chi connectivity index (χ4v) is 2.72. The number of aliphatic hydroxyl groups is 2. The molecule has 2 aromatic rings. The van der Waals surface area contributed by atoms with E-state index in [4.69, 9.17) is 5.84 Å². The third-order valence-corrected chi connectivity index (χ3v) is 3.88. The summed E-state index contributed by atoms with van der Waals surface area (Å²) in [7, 11) is 0. The van der Waals surface area contributed by atoms with E-state index < -0.39 is 11.7 Å². The quantitative estimate of drug-likeness (QED) is 0.467. The van der Waals surface area contributed by atoms with Gasteiger partial charge in [-0.25, -0.2) is 14.6 Å². The van der Waals surface area contributed by atoms with Crippen molar-refractivity contribution >= 4 is 11.2 Å². The van der Waals surface area contributed by atoms with Crippen LogP contribution in [0.15, 0.2) is 29.6 Å². The van der Waals surface area contributed by atoms with Crippen molar-refractivity contribution in [2.24, 2.45) is 5.92 Å². The molecule has 1 aliphatic rings. The van der Waals surface area contributed by atoms with Crippen LogP contribution in [0.5, 0.6) is 0 Å². The summed E-state index contributed by atoms with van der Waals surface area (Å²) in [6, 6.07) is -0.243. The molecule has 4 N–H and O–H groups in total. The predicted molar refractivity (Wildman–Crippen MR) is 71.3 cm³/mol. The lowest BCUT2D eigenvalue weighted by Gasteiger charge is -2.15. The Morgan fingerprint density at radius 3 is 2.85 bits per heavy atom.